The van der Waals surface area contributed by atoms with Crippen LogP contribution >= 0.6 is 11.6 Å². The van der Waals surface area contributed by atoms with Gasteiger partial charge in [-0.3, -0.25) is 0 Å². The van der Waals surface area contributed by atoms with Crippen molar-refractivity contribution in [1.82, 2.24) is 5.32 Å². The van der Waals surface area contributed by atoms with Crippen LogP contribution in [0.3, 0.4) is 0 Å². The molecule has 2 atom stereocenters. The SMILES string of the molecule is CC(CCl)C(C)NCc1cccc2ccccc12. The summed E-state index contributed by atoms with van der Waals surface area (Å²) in [7, 11) is 0. The van der Waals surface area contributed by atoms with Crippen molar-refractivity contribution in [3.8, 4) is 0 Å². The Morgan fingerprint density at radius 1 is 1.06 bits per heavy atom. The number of fused-ring (bicyclic) bond motifs is 1. The predicted octanol–water partition coefficient (Wildman–Crippen LogP) is 4.19. The van der Waals surface area contributed by atoms with E-state index in [1.54, 1.807) is 0 Å². The van der Waals surface area contributed by atoms with Crippen LogP contribution in [0, 0.1) is 5.92 Å². The van der Waals surface area contributed by atoms with Gasteiger partial charge in [0.2, 0.25) is 0 Å². The fraction of sp³-hybridized carbons (Fsp3) is 0.375. The third-order valence-corrected chi connectivity index (χ3v) is 4.08. The number of halogens is 1. The highest BCUT2D eigenvalue weighted by molar-refractivity contribution is 6.18. The highest BCUT2D eigenvalue weighted by Gasteiger charge is 2.10. The minimum absolute atomic E-state index is 0.432. The van der Waals surface area contributed by atoms with Gasteiger partial charge >= 0.3 is 0 Å². The van der Waals surface area contributed by atoms with E-state index in [4.69, 9.17) is 11.6 Å². The van der Waals surface area contributed by atoms with Gasteiger partial charge in [0.15, 0.2) is 0 Å². The quantitative estimate of drug-likeness (QED) is 0.796. The van der Waals surface area contributed by atoms with Crippen LogP contribution < -0.4 is 5.32 Å². The van der Waals surface area contributed by atoms with E-state index in [2.05, 4.69) is 61.6 Å². The zero-order chi connectivity index (χ0) is 13.0. The average molecular weight is 262 g/mol. The Morgan fingerprint density at radius 3 is 2.56 bits per heavy atom. The molecule has 1 nitrogen and oxygen atoms in total. The molecule has 0 aliphatic rings. The van der Waals surface area contributed by atoms with Gasteiger partial charge in [0.05, 0.1) is 0 Å². The minimum Gasteiger partial charge on any atom is -0.310 e. The monoisotopic (exact) mass is 261 g/mol. The van der Waals surface area contributed by atoms with Crippen molar-refractivity contribution >= 4 is 22.4 Å². The second kappa shape index (κ2) is 6.21. The molecule has 0 aromatic heterocycles. The second-order valence-corrected chi connectivity index (χ2v) is 5.25. The lowest BCUT2D eigenvalue weighted by molar-refractivity contribution is 0.430. The van der Waals surface area contributed by atoms with E-state index in [9.17, 15) is 0 Å². The molecule has 2 aromatic rings. The fourth-order valence-electron chi connectivity index (χ4n) is 2.05. The zero-order valence-corrected chi connectivity index (χ0v) is 11.7. The van der Waals surface area contributed by atoms with Crippen molar-refractivity contribution in [1.29, 1.82) is 0 Å². The molecule has 0 saturated carbocycles. The Labute approximate surface area is 114 Å². The molecule has 18 heavy (non-hydrogen) atoms. The number of rotatable bonds is 5. The van der Waals surface area contributed by atoms with Crippen molar-refractivity contribution < 1.29 is 0 Å². The molecule has 96 valence electrons. The van der Waals surface area contributed by atoms with Gasteiger partial charge in [0.1, 0.15) is 0 Å². The molecular weight excluding hydrogens is 242 g/mol. The van der Waals surface area contributed by atoms with Crippen LogP contribution in [0.15, 0.2) is 42.5 Å². The summed E-state index contributed by atoms with van der Waals surface area (Å²) in [6.07, 6.45) is 0. The van der Waals surface area contributed by atoms with Gasteiger partial charge in [0.25, 0.3) is 0 Å². The van der Waals surface area contributed by atoms with Crippen LogP contribution in [0.4, 0.5) is 0 Å². The van der Waals surface area contributed by atoms with Crippen LogP contribution in [0.25, 0.3) is 10.8 Å². The van der Waals surface area contributed by atoms with E-state index in [-0.39, 0.29) is 0 Å². The largest absolute Gasteiger partial charge is 0.310 e. The number of benzene rings is 2. The fourth-order valence-corrected chi connectivity index (χ4v) is 2.32. The summed E-state index contributed by atoms with van der Waals surface area (Å²) in [4.78, 5) is 0. The Hall–Kier alpha value is -1.05. The van der Waals surface area contributed by atoms with Crippen molar-refractivity contribution in [2.75, 3.05) is 5.88 Å². The topological polar surface area (TPSA) is 12.0 Å². The normalized spacial score (nSPS) is 14.6. The van der Waals surface area contributed by atoms with Crippen LogP contribution in [-0.2, 0) is 6.54 Å². The molecular formula is C16H20ClN. The summed E-state index contributed by atoms with van der Waals surface area (Å²) in [6.45, 7) is 5.26. The lowest BCUT2D eigenvalue weighted by Gasteiger charge is -2.19. The first-order chi connectivity index (χ1) is 8.72. The second-order valence-electron chi connectivity index (χ2n) is 4.94. The summed E-state index contributed by atoms with van der Waals surface area (Å²) in [6, 6.07) is 15.4. The van der Waals surface area contributed by atoms with Crippen LogP contribution in [0.2, 0.25) is 0 Å². The smallest absolute Gasteiger partial charge is 0.0263 e. The molecule has 0 amide bonds. The molecule has 1 N–H and O–H groups in total. The first-order valence-corrected chi connectivity index (χ1v) is 7.02. The lowest BCUT2D eigenvalue weighted by atomic mass is 10.0. The van der Waals surface area contributed by atoms with Gasteiger partial charge < -0.3 is 5.32 Å². The van der Waals surface area contributed by atoms with Crippen LogP contribution in [-0.4, -0.2) is 11.9 Å². The standard InChI is InChI=1S/C16H20ClN/c1-12(10-17)13(2)18-11-15-8-5-7-14-6-3-4-9-16(14)15/h3-9,12-13,18H,10-11H2,1-2H3. The Balaban J connectivity index is 2.12. The van der Waals surface area contributed by atoms with E-state index in [1.165, 1.54) is 16.3 Å². The average Bonchev–Trinajstić information content (AvgIpc) is 2.43. The van der Waals surface area contributed by atoms with Gasteiger partial charge in [-0.2, -0.15) is 0 Å². The van der Waals surface area contributed by atoms with Crippen molar-refractivity contribution in [2.45, 2.75) is 26.4 Å². The third-order valence-electron chi connectivity index (χ3n) is 3.59. The molecule has 0 bridgehead atoms. The van der Waals surface area contributed by atoms with Gasteiger partial charge in [-0.25, -0.2) is 0 Å². The first-order valence-electron chi connectivity index (χ1n) is 6.48. The van der Waals surface area contributed by atoms with Crippen LogP contribution in [0.5, 0.6) is 0 Å². The molecule has 0 heterocycles. The van der Waals surface area contributed by atoms with E-state index >= 15 is 0 Å². The van der Waals surface area contributed by atoms with E-state index < -0.39 is 0 Å². The molecule has 0 fully saturated rings. The van der Waals surface area contributed by atoms with Crippen molar-refractivity contribution in [3.05, 3.63) is 48.0 Å². The molecule has 0 aliphatic carbocycles. The number of nitrogens with one attached hydrogen (secondary N) is 1. The molecule has 2 aromatic carbocycles. The molecule has 2 heteroatoms. The van der Waals surface area contributed by atoms with Gasteiger partial charge in [0, 0.05) is 18.5 Å². The summed E-state index contributed by atoms with van der Waals surface area (Å²) < 4.78 is 0. The molecule has 0 radical (unpaired) electrons. The van der Waals surface area contributed by atoms with Crippen molar-refractivity contribution in [2.24, 2.45) is 5.92 Å². The lowest BCUT2D eigenvalue weighted by Crippen LogP contribution is -2.32. The first kappa shape index (κ1) is 13.4. The van der Waals surface area contributed by atoms with Gasteiger partial charge in [-0.1, -0.05) is 49.4 Å². The van der Waals surface area contributed by atoms with E-state index in [0.717, 1.165) is 6.54 Å². The summed E-state index contributed by atoms with van der Waals surface area (Å²) in [5.41, 5.74) is 1.35. The Morgan fingerprint density at radius 2 is 1.78 bits per heavy atom. The number of hydrogen-bond acceptors (Lipinski definition) is 1. The zero-order valence-electron chi connectivity index (χ0n) is 11.0. The highest BCUT2D eigenvalue weighted by Crippen LogP contribution is 2.18. The summed E-state index contributed by atoms with van der Waals surface area (Å²) >= 11 is 5.88. The van der Waals surface area contributed by atoms with E-state index in [1.807, 2.05) is 0 Å². The summed E-state index contributed by atoms with van der Waals surface area (Å²) in [5.74, 6) is 1.19. The molecule has 2 unspecified atom stereocenters. The Bertz CT molecular complexity index is 504. The van der Waals surface area contributed by atoms with E-state index in [0.29, 0.717) is 17.8 Å². The molecule has 0 spiro atoms. The van der Waals surface area contributed by atoms with Gasteiger partial charge in [-0.15, -0.1) is 11.6 Å². The maximum Gasteiger partial charge on any atom is 0.0263 e. The van der Waals surface area contributed by atoms with Crippen LogP contribution in [0.1, 0.15) is 19.4 Å². The molecule has 0 saturated heterocycles. The summed E-state index contributed by atoms with van der Waals surface area (Å²) in [5, 5.41) is 6.19. The molecule has 0 aliphatic heterocycles. The maximum absolute atomic E-state index is 5.88. The number of alkyl halides is 1. The minimum atomic E-state index is 0.432. The van der Waals surface area contributed by atoms with Gasteiger partial charge in [-0.05, 0) is 29.2 Å². The third kappa shape index (κ3) is 3.04. The highest BCUT2D eigenvalue weighted by atomic mass is 35.5. The maximum atomic E-state index is 5.88. The predicted molar refractivity (Wildman–Crippen MR) is 80.1 cm³/mol. The Kier molecular flexibility index (Phi) is 4.62. The van der Waals surface area contributed by atoms with Crippen molar-refractivity contribution in [3.63, 3.8) is 0 Å². The molecule has 2 rings (SSSR count). The number of hydrogen-bond donors (Lipinski definition) is 1.